The van der Waals surface area contributed by atoms with Gasteiger partial charge in [-0.2, -0.15) is 0 Å². The van der Waals surface area contributed by atoms with E-state index in [4.69, 9.17) is 18.3 Å². The maximum Gasteiger partial charge on any atom is 0.264 e. The van der Waals surface area contributed by atoms with Crippen LogP contribution in [0.2, 0.25) is 23.2 Å². The van der Waals surface area contributed by atoms with Gasteiger partial charge in [0.15, 0.2) is 8.32 Å². The Balaban J connectivity index is 1.67. The number of hydrogen-bond acceptors (Lipinski definition) is 5. The fourth-order valence-corrected chi connectivity index (χ4v) is 12.1. The van der Waals surface area contributed by atoms with Gasteiger partial charge in [-0.3, -0.25) is 0 Å². The molecule has 1 N–H and O–H groups in total. The van der Waals surface area contributed by atoms with Crippen molar-refractivity contribution in [1.82, 2.24) is 0 Å². The first kappa shape index (κ1) is 39.2. The molecule has 3 aromatic carbocycles. The summed E-state index contributed by atoms with van der Waals surface area (Å²) in [6, 6.07) is 29.1. The van der Waals surface area contributed by atoms with Gasteiger partial charge < -0.3 is 23.4 Å². The molecule has 1 unspecified atom stereocenters. The molecule has 47 heavy (non-hydrogen) atoms. The number of methoxy groups -OCH3 is 1. The molecule has 0 saturated heterocycles. The lowest BCUT2D eigenvalue weighted by Crippen LogP contribution is -2.67. The van der Waals surface area contributed by atoms with Gasteiger partial charge in [0.25, 0.3) is 8.32 Å². The van der Waals surface area contributed by atoms with E-state index >= 15 is 0 Å². The predicted molar refractivity (Wildman–Crippen MR) is 202 cm³/mol. The van der Waals surface area contributed by atoms with Crippen LogP contribution in [0.4, 0.5) is 0 Å². The van der Waals surface area contributed by atoms with Crippen LogP contribution in [-0.2, 0) is 20.2 Å². The number of hydrogen-bond donors (Lipinski definition) is 1. The quantitative estimate of drug-likeness (QED) is 0.0827. The Morgan fingerprint density at radius 1 is 0.702 bits per heavy atom. The number of unbranched alkanes of at least 4 members (excludes halogenated alkanes) is 1. The van der Waals surface area contributed by atoms with Crippen molar-refractivity contribution in [2.45, 2.75) is 123 Å². The average molecular weight is 679 g/mol. The molecule has 3 aromatic rings. The molecule has 0 saturated carbocycles. The van der Waals surface area contributed by atoms with Crippen molar-refractivity contribution in [3.63, 3.8) is 0 Å². The molecule has 3 rings (SSSR count). The molecule has 0 fully saturated rings. The van der Waals surface area contributed by atoms with Crippen molar-refractivity contribution in [2.24, 2.45) is 5.92 Å². The molecule has 5 nitrogen and oxygen atoms in total. The van der Waals surface area contributed by atoms with E-state index in [1.165, 1.54) is 10.4 Å². The van der Waals surface area contributed by atoms with Crippen LogP contribution < -0.4 is 15.1 Å². The highest BCUT2D eigenvalue weighted by Crippen LogP contribution is 2.40. The second-order valence-electron chi connectivity index (χ2n) is 15.7. The lowest BCUT2D eigenvalue weighted by Gasteiger charge is -2.44. The van der Waals surface area contributed by atoms with Crippen LogP contribution in [0.1, 0.15) is 86.1 Å². The van der Waals surface area contributed by atoms with Crippen molar-refractivity contribution in [3.8, 4) is 5.75 Å². The van der Waals surface area contributed by atoms with E-state index < -0.39 is 22.9 Å². The SMILES string of the molecule is COc1ccc(COCCCC[C@H](C[C@@H](C)CC(O)O[Si](c2ccccc2)(c2ccccc2)C(C)(C)C)O[Si](C)(C)C(C)(C)C)cc1. The Kier molecular flexibility index (Phi) is 14.5. The minimum absolute atomic E-state index is 0.127. The fourth-order valence-electron chi connectivity index (χ4n) is 6.14. The van der Waals surface area contributed by atoms with Gasteiger partial charge in [0.05, 0.1) is 13.7 Å². The number of aliphatic hydroxyl groups excluding tert-OH is 1. The highest BCUT2D eigenvalue weighted by molar-refractivity contribution is 6.99. The molecule has 0 aromatic heterocycles. The average Bonchev–Trinajstić information content (AvgIpc) is 3.01. The zero-order valence-electron chi connectivity index (χ0n) is 30.8. The largest absolute Gasteiger partial charge is 0.497 e. The van der Waals surface area contributed by atoms with E-state index in [2.05, 4.69) is 122 Å². The lowest BCUT2D eigenvalue weighted by molar-refractivity contribution is -0.0441. The Labute approximate surface area is 288 Å². The Hall–Kier alpha value is -2.27. The van der Waals surface area contributed by atoms with Gasteiger partial charge in [-0.25, -0.2) is 0 Å². The first-order valence-electron chi connectivity index (χ1n) is 17.4. The normalized spacial score (nSPS) is 14.9. The zero-order chi connectivity index (χ0) is 34.7. The van der Waals surface area contributed by atoms with E-state index in [0.717, 1.165) is 43.6 Å². The third-order valence-electron chi connectivity index (χ3n) is 9.76. The lowest BCUT2D eigenvalue weighted by atomic mass is 9.97. The molecule has 7 heteroatoms. The van der Waals surface area contributed by atoms with E-state index in [-0.39, 0.29) is 22.1 Å². The summed E-state index contributed by atoms with van der Waals surface area (Å²) in [4.78, 5) is 0. The van der Waals surface area contributed by atoms with Gasteiger partial charge in [-0.05, 0) is 89.3 Å². The molecule has 0 heterocycles. The number of ether oxygens (including phenoxy) is 2. The molecule has 0 aliphatic heterocycles. The number of aliphatic hydroxyl groups is 1. The Morgan fingerprint density at radius 3 is 1.74 bits per heavy atom. The Bertz CT molecular complexity index is 1260. The van der Waals surface area contributed by atoms with Crippen molar-refractivity contribution >= 4 is 27.0 Å². The van der Waals surface area contributed by atoms with Crippen LogP contribution in [0.3, 0.4) is 0 Å². The summed E-state index contributed by atoms with van der Waals surface area (Å²) >= 11 is 0. The summed E-state index contributed by atoms with van der Waals surface area (Å²) in [5.41, 5.74) is 1.15. The van der Waals surface area contributed by atoms with Gasteiger partial charge in [0, 0.05) is 12.7 Å². The highest BCUT2D eigenvalue weighted by atomic mass is 28.4. The molecule has 0 spiro atoms. The van der Waals surface area contributed by atoms with Gasteiger partial charge in [0.2, 0.25) is 0 Å². The number of rotatable bonds is 18. The van der Waals surface area contributed by atoms with Gasteiger partial charge in [-0.15, -0.1) is 0 Å². The van der Waals surface area contributed by atoms with Crippen molar-refractivity contribution in [2.75, 3.05) is 13.7 Å². The maximum absolute atomic E-state index is 11.7. The van der Waals surface area contributed by atoms with E-state index in [1.54, 1.807) is 7.11 Å². The molecule has 260 valence electrons. The second kappa shape index (κ2) is 17.4. The summed E-state index contributed by atoms with van der Waals surface area (Å²) in [5.74, 6) is 1.09. The van der Waals surface area contributed by atoms with Gasteiger partial charge in [0.1, 0.15) is 12.0 Å². The molecule has 0 amide bonds. The van der Waals surface area contributed by atoms with Crippen molar-refractivity contribution in [3.05, 3.63) is 90.5 Å². The van der Waals surface area contributed by atoms with E-state index in [0.29, 0.717) is 13.0 Å². The van der Waals surface area contributed by atoms with Crippen LogP contribution in [-0.4, -0.2) is 47.9 Å². The molecular formula is C40H62O5Si2. The molecule has 3 atom stereocenters. The maximum atomic E-state index is 11.7. The molecule has 0 radical (unpaired) electrons. The molecule has 0 aliphatic rings. The minimum Gasteiger partial charge on any atom is -0.497 e. The summed E-state index contributed by atoms with van der Waals surface area (Å²) in [6.45, 7) is 21.9. The van der Waals surface area contributed by atoms with E-state index in [9.17, 15) is 5.11 Å². The minimum atomic E-state index is -2.84. The van der Waals surface area contributed by atoms with Gasteiger partial charge >= 0.3 is 0 Å². The molecule has 0 aliphatic carbocycles. The number of benzene rings is 3. The summed E-state index contributed by atoms with van der Waals surface area (Å²) < 4.78 is 25.3. The zero-order valence-corrected chi connectivity index (χ0v) is 32.8. The van der Waals surface area contributed by atoms with Crippen molar-refractivity contribution < 1.29 is 23.4 Å². The van der Waals surface area contributed by atoms with Crippen LogP contribution in [0.5, 0.6) is 5.75 Å². The standard InChI is InChI=1S/C40H62O5Si2/c1-32(30-38(41)45-47(40(5,6)7,36-20-13-11-14-21-36)37-22-15-12-16-23-37)29-35(44-46(9,10)39(2,3)4)19-17-18-28-43-31-33-24-26-34(42-8)27-25-33/h11-16,20-27,32,35,38,41H,17-19,28-31H2,1-10H3/t32-,35-,38?/m1/s1. The summed E-state index contributed by atoms with van der Waals surface area (Å²) in [5, 5.41) is 14.0. The van der Waals surface area contributed by atoms with Crippen LogP contribution >= 0.6 is 0 Å². The second-order valence-corrected chi connectivity index (χ2v) is 24.7. The van der Waals surface area contributed by atoms with Crippen LogP contribution in [0.15, 0.2) is 84.9 Å². The smallest absolute Gasteiger partial charge is 0.264 e. The highest BCUT2D eigenvalue weighted by Gasteiger charge is 2.51. The van der Waals surface area contributed by atoms with Crippen LogP contribution in [0.25, 0.3) is 0 Å². The molecule has 0 bridgehead atoms. The predicted octanol–water partition coefficient (Wildman–Crippen LogP) is 9.08. The third kappa shape index (κ3) is 11.1. The first-order valence-corrected chi connectivity index (χ1v) is 22.3. The summed E-state index contributed by atoms with van der Waals surface area (Å²) in [7, 11) is -3.14. The van der Waals surface area contributed by atoms with Crippen molar-refractivity contribution in [1.29, 1.82) is 0 Å². The van der Waals surface area contributed by atoms with E-state index in [1.807, 2.05) is 24.3 Å². The van der Waals surface area contributed by atoms with Crippen LogP contribution in [0, 0.1) is 5.92 Å². The Morgan fingerprint density at radius 2 is 1.26 bits per heavy atom. The topological polar surface area (TPSA) is 57.2 Å². The molecular weight excluding hydrogens is 617 g/mol. The fraction of sp³-hybridized carbons (Fsp3) is 0.550. The first-order chi connectivity index (χ1) is 22.1. The third-order valence-corrected chi connectivity index (χ3v) is 19.3. The van der Waals surface area contributed by atoms with Gasteiger partial charge in [-0.1, -0.05) is 121 Å². The summed E-state index contributed by atoms with van der Waals surface area (Å²) in [6.07, 6.45) is 3.71. The monoisotopic (exact) mass is 678 g/mol.